The van der Waals surface area contributed by atoms with E-state index in [0.717, 1.165) is 19.0 Å². The molecule has 1 saturated heterocycles. The van der Waals surface area contributed by atoms with Crippen LogP contribution in [0.5, 0.6) is 5.75 Å². The van der Waals surface area contributed by atoms with E-state index in [9.17, 15) is 14.0 Å². The Morgan fingerprint density at radius 1 is 1.24 bits per heavy atom. The van der Waals surface area contributed by atoms with E-state index in [-0.39, 0.29) is 22.9 Å². The van der Waals surface area contributed by atoms with E-state index in [1.54, 1.807) is 41.1 Å². The molecule has 0 radical (unpaired) electrons. The number of carbonyl (C=O) groups is 1. The number of aromatic nitrogens is 3. The second-order valence-corrected chi connectivity index (χ2v) is 7.21. The van der Waals surface area contributed by atoms with Gasteiger partial charge in [-0.05, 0) is 37.0 Å². The predicted molar refractivity (Wildman–Crippen MR) is 105 cm³/mol. The molecule has 0 atom stereocenters. The number of benzene rings is 1. The first-order chi connectivity index (χ1) is 14.0. The van der Waals surface area contributed by atoms with Gasteiger partial charge in [-0.2, -0.15) is 0 Å². The summed E-state index contributed by atoms with van der Waals surface area (Å²) in [5.74, 6) is 0.188. The summed E-state index contributed by atoms with van der Waals surface area (Å²) in [6.45, 7) is 1.68. The maximum Gasteiger partial charge on any atom is 0.261 e. The molecule has 1 amide bonds. The summed E-state index contributed by atoms with van der Waals surface area (Å²) >= 11 is 0. The summed E-state index contributed by atoms with van der Waals surface area (Å²) in [4.78, 5) is 35.1. The number of ether oxygens (including phenoxy) is 1. The summed E-state index contributed by atoms with van der Waals surface area (Å²) < 4.78 is 20.1. The molecule has 150 valence electrons. The number of amides is 1. The van der Waals surface area contributed by atoms with Crippen LogP contribution in [-0.4, -0.2) is 45.5 Å². The van der Waals surface area contributed by atoms with Crippen LogP contribution < -0.4 is 10.3 Å². The van der Waals surface area contributed by atoms with Crippen molar-refractivity contribution in [3.8, 4) is 5.75 Å². The van der Waals surface area contributed by atoms with E-state index in [4.69, 9.17) is 4.74 Å². The van der Waals surface area contributed by atoms with Crippen LogP contribution in [0, 0.1) is 11.7 Å². The van der Waals surface area contributed by atoms with Gasteiger partial charge in [0.15, 0.2) is 0 Å². The molecule has 0 unspecified atom stereocenters. The summed E-state index contributed by atoms with van der Waals surface area (Å²) in [6.07, 6.45) is 5.56. The third-order valence-electron chi connectivity index (χ3n) is 5.34. The highest BCUT2D eigenvalue weighted by Gasteiger charge is 2.24. The zero-order valence-corrected chi connectivity index (χ0v) is 16.0. The number of piperidine rings is 1. The van der Waals surface area contributed by atoms with Crippen molar-refractivity contribution in [1.29, 1.82) is 0 Å². The largest absolute Gasteiger partial charge is 0.497 e. The van der Waals surface area contributed by atoms with Crippen LogP contribution in [-0.2, 0) is 6.54 Å². The maximum atomic E-state index is 13.3. The van der Waals surface area contributed by atoms with Gasteiger partial charge in [-0.1, -0.05) is 0 Å². The number of rotatable bonds is 4. The molecule has 2 aromatic heterocycles. The van der Waals surface area contributed by atoms with Gasteiger partial charge in [0, 0.05) is 31.9 Å². The van der Waals surface area contributed by atoms with E-state index in [2.05, 4.69) is 9.97 Å². The van der Waals surface area contributed by atoms with E-state index in [0.29, 0.717) is 36.3 Å². The molecule has 0 spiro atoms. The van der Waals surface area contributed by atoms with Crippen molar-refractivity contribution in [3.63, 3.8) is 0 Å². The lowest BCUT2D eigenvalue weighted by Crippen LogP contribution is -2.40. The van der Waals surface area contributed by atoms with Crippen molar-refractivity contribution in [3.05, 3.63) is 64.7 Å². The van der Waals surface area contributed by atoms with Crippen LogP contribution in [0.3, 0.4) is 0 Å². The Morgan fingerprint density at radius 3 is 2.76 bits per heavy atom. The minimum absolute atomic E-state index is 0.0815. The van der Waals surface area contributed by atoms with Gasteiger partial charge in [-0.15, -0.1) is 0 Å². The molecule has 1 aliphatic rings. The number of likely N-dealkylation sites (tertiary alicyclic amines) is 1. The molecule has 8 heteroatoms. The van der Waals surface area contributed by atoms with Crippen LogP contribution in [0.1, 0.15) is 23.2 Å². The summed E-state index contributed by atoms with van der Waals surface area (Å²) in [6, 6.07) is 6.43. The standard InChI is InChI=1S/C21H21FN4O3/c1-29-17-2-3-18-19(9-17)24-13-26(21(18)28)12-14-4-6-25(7-5-14)20(27)15-8-16(22)11-23-10-15/h2-3,8-11,13-14H,4-7,12H2,1H3. The number of halogens is 1. The lowest BCUT2D eigenvalue weighted by atomic mass is 9.96. The molecular formula is C21H21FN4O3. The number of fused-ring (bicyclic) bond motifs is 1. The van der Waals surface area contributed by atoms with Gasteiger partial charge in [0.2, 0.25) is 0 Å². The molecule has 4 rings (SSSR count). The highest BCUT2D eigenvalue weighted by molar-refractivity contribution is 5.93. The van der Waals surface area contributed by atoms with Crippen LogP contribution in [0.15, 0.2) is 47.8 Å². The maximum absolute atomic E-state index is 13.3. The fourth-order valence-corrected chi connectivity index (χ4v) is 3.70. The summed E-state index contributed by atoms with van der Waals surface area (Å²) in [5.41, 5.74) is 0.783. The van der Waals surface area contributed by atoms with Crippen LogP contribution in [0.25, 0.3) is 10.9 Å². The molecule has 0 aliphatic carbocycles. The second kappa shape index (κ2) is 7.98. The summed E-state index contributed by atoms with van der Waals surface area (Å²) in [7, 11) is 1.57. The number of carbonyl (C=O) groups excluding carboxylic acids is 1. The number of hydrogen-bond acceptors (Lipinski definition) is 5. The van der Waals surface area contributed by atoms with Crippen molar-refractivity contribution in [1.82, 2.24) is 19.4 Å². The van der Waals surface area contributed by atoms with Crippen molar-refractivity contribution in [2.45, 2.75) is 19.4 Å². The van der Waals surface area contributed by atoms with Gasteiger partial charge < -0.3 is 9.64 Å². The van der Waals surface area contributed by atoms with E-state index in [1.165, 1.54) is 12.3 Å². The number of pyridine rings is 1. The number of hydrogen-bond donors (Lipinski definition) is 0. The average Bonchev–Trinajstić information content (AvgIpc) is 2.75. The zero-order chi connectivity index (χ0) is 20.4. The van der Waals surface area contributed by atoms with Gasteiger partial charge >= 0.3 is 0 Å². The van der Waals surface area contributed by atoms with Crippen molar-refractivity contribution in [2.24, 2.45) is 5.92 Å². The lowest BCUT2D eigenvalue weighted by molar-refractivity contribution is 0.0681. The Bertz CT molecular complexity index is 1110. The lowest BCUT2D eigenvalue weighted by Gasteiger charge is -2.32. The monoisotopic (exact) mass is 396 g/mol. The molecule has 7 nitrogen and oxygen atoms in total. The van der Waals surface area contributed by atoms with Gasteiger partial charge in [-0.3, -0.25) is 19.1 Å². The van der Waals surface area contributed by atoms with Gasteiger partial charge in [-0.25, -0.2) is 9.37 Å². The van der Waals surface area contributed by atoms with Crippen molar-refractivity contribution >= 4 is 16.8 Å². The molecule has 0 N–H and O–H groups in total. The molecule has 1 fully saturated rings. The quantitative estimate of drug-likeness (QED) is 0.677. The smallest absolute Gasteiger partial charge is 0.261 e. The third-order valence-corrected chi connectivity index (χ3v) is 5.34. The molecular weight excluding hydrogens is 375 g/mol. The van der Waals surface area contributed by atoms with Gasteiger partial charge in [0.1, 0.15) is 11.6 Å². The van der Waals surface area contributed by atoms with Crippen molar-refractivity contribution in [2.75, 3.05) is 20.2 Å². The number of methoxy groups -OCH3 is 1. The zero-order valence-electron chi connectivity index (χ0n) is 16.0. The van der Waals surface area contributed by atoms with E-state index < -0.39 is 5.82 Å². The first-order valence-corrected chi connectivity index (χ1v) is 9.48. The molecule has 1 aromatic carbocycles. The third kappa shape index (κ3) is 3.96. The first-order valence-electron chi connectivity index (χ1n) is 9.48. The fraction of sp³-hybridized carbons (Fsp3) is 0.333. The Hall–Kier alpha value is -3.29. The fourth-order valence-electron chi connectivity index (χ4n) is 3.70. The van der Waals surface area contributed by atoms with Gasteiger partial charge in [0.05, 0.1) is 36.1 Å². The average molecular weight is 396 g/mol. The number of nitrogens with zero attached hydrogens (tertiary/aromatic N) is 4. The Morgan fingerprint density at radius 2 is 2.03 bits per heavy atom. The SMILES string of the molecule is COc1ccc2c(=O)n(CC3CCN(C(=O)c4cncc(F)c4)CC3)cnc2c1. The van der Waals surface area contributed by atoms with Crippen LogP contribution in [0.4, 0.5) is 4.39 Å². The molecule has 3 aromatic rings. The minimum atomic E-state index is -0.522. The molecule has 0 saturated carbocycles. The topological polar surface area (TPSA) is 77.3 Å². The van der Waals surface area contributed by atoms with Gasteiger partial charge in [0.25, 0.3) is 11.5 Å². The van der Waals surface area contributed by atoms with Crippen LogP contribution >= 0.6 is 0 Å². The van der Waals surface area contributed by atoms with E-state index in [1.807, 2.05) is 0 Å². The van der Waals surface area contributed by atoms with Crippen LogP contribution in [0.2, 0.25) is 0 Å². The highest BCUT2D eigenvalue weighted by Crippen LogP contribution is 2.21. The molecule has 3 heterocycles. The Kier molecular flexibility index (Phi) is 5.24. The van der Waals surface area contributed by atoms with E-state index >= 15 is 0 Å². The molecule has 0 bridgehead atoms. The molecule has 1 aliphatic heterocycles. The first kappa shape index (κ1) is 19.0. The van der Waals surface area contributed by atoms with Crippen molar-refractivity contribution < 1.29 is 13.9 Å². The predicted octanol–water partition coefficient (Wildman–Crippen LogP) is 2.49. The Labute approximate surface area is 166 Å². The summed E-state index contributed by atoms with van der Waals surface area (Å²) in [5, 5.41) is 0.555. The Balaban J connectivity index is 1.42. The molecule has 29 heavy (non-hydrogen) atoms. The highest BCUT2D eigenvalue weighted by atomic mass is 19.1. The normalized spacial score (nSPS) is 14.9. The second-order valence-electron chi connectivity index (χ2n) is 7.21. The minimum Gasteiger partial charge on any atom is -0.497 e.